The normalized spacial score (nSPS) is 9.82. The number of rotatable bonds is 4. The molecule has 1 amide bonds. The lowest BCUT2D eigenvalue weighted by Crippen LogP contribution is -2.16. The second kappa shape index (κ2) is 5.54. The molecule has 0 saturated carbocycles. The summed E-state index contributed by atoms with van der Waals surface area (Å²) >= 11 is 5.85. The fourth-order valence-corrected chi connectivity index (χ4v) is 1.70. The first kappa shape index (κ1) is 13.3. The fraction of sp³-hybridized carbons (Fsp3) is 0.273. The summed E-state index contributed by atoms with van der Waals surface area (Å²) in [5.41, 5.74) is 1.12. The summed E-state index contributed by atoms with van der Waals surface area (Å²) < 4.78 is 5.12. The van der Waals surface area contributed by atoms with Gasteiger partial charge >= 0.3 is 5.97 Å². The van der Waals surface area contributed by atoms with Crippen molar-refractivity contribution in [3.8, 4) is 5.75 Å². The molecule has 0 bridgehead atoms. The first-order valence-corrected chi connectivity index (χ1v) is 5.17. The Balaban J connectivity index is 2.97. The van der Waals surface area contributed by atoms with E-state index in [-0.39, 0.29) is 0 Å². The summed E-state index contributed by atoms with van der Waals surface area (Å²) in [7, 11) is 1.46. The van der Waals surface area contributed by atoms with E-state index in [4.69, 9.17) is 21.4 Å². The number of methoxy groups -OCH3 is 1. The van der Waals surface area contributed by atoms with Crippen LogP contribution in [0.25, 0.3) is 0 Å². The number of aryl methyl sites for hydroxylation is 1. The summed E-state index contributed by atoms with van der Waals surface area (Å²) in [4.78, 5) is 21.7. The zero-order chi connectivity index (χ0) is 13.0. The van der Waals surface area contributed by atoms with Crippen molar-refractivity contribution in [2.45, 2.75) is 13.3 Å². The van der Waals surface area contributed by atoms with Crippen LogP contribution in [0.3, 0.4) is 0 Å². The van der Waals surface area contributed by atoms with Gasteiger partial charge in [0.2, 0.25) is 5.91 Å². The second-order valence-corrected chi connectivity index (χ2v) is 3.86. The molecule has 0 aliphatic rings. The topological polar surface area (TPSA) is 75.6 Å². The highest BCUT2D eigenvalue weighted by molar-refractivity contribution is 6.31. The minimum Gasteiger partial charge on any atom is -0.494 e. The molecule has 0 aromatic heterocycles. The van der Waals surface area contributed by atoms with Crippen LogP contribution in [0.15, 0.2) is 12.1 Å². The number of aliphatic carboxylic acids is 1. The van der Waals surface area contributed by atoms with Crippen LogP contribution in [-0.4, -0.2) is 24.1 Å². The van der Waals surface area contributed by atoms with Gasteiger partial charge in [0.05, 0.1) is 12.8 Å². The van der Waals surface area contributed by atoms with Gasteiger partial charge in [-0.05, 0) is 24.6 Å². The minimum absolute atomic E-state index is 0.365. The second-order valence-electron chi connectivity index (χ2n) is 3.42. The predicted molar refractivity (Wildman–Crippen MR) is 63.6 cm³/mol. The quantitative estimate of drug-likeness (QED) is 0.810. The lowest BCUT2D eigenvalue weighted by Gasteiger charge is -2.12. The van der Waals surface area contributed by atoms with Gasteiger partial charge in [-0.1, -0.05) is 11.6 Å². The molecule has 0 fully saturated rings. The van der Waals surface area contributed by atoms with Gasteiger partial charge in [-0.25, -0.2) is 0 Å². The Hall–Kier alpha value is -1.75. The molecule has 1 aromatic rings. The van der Waals surface area contributed by atoms with Crippen molar-refractivity contribution in [2.75, 3.05) is 12.4 Å². The monoisotopic (exact) mass is 257 g/mol. The molecular formula is C11H12ClNO4. The number of anilines is 1. The number of hydrogen-bond donors (Lipinski definition) is 2. The summed E-state index contributed by atoms with van der Waals surface area (Å²) in [6.07, 6.45) is -0.602. The minimum atomic E-state index is -1.19. The number of carbonyl (C=O) groups is 2. The number of carboxylic acid groups (broad SMARTS) is 1. The molecule has 0 atom stereocenters. The number of halogens is 1. The molecular weight excluding hydrogens is 246 g/mol. The summed E-state index contributed by atoms with van der Waals surface area (Å²) in [6, 6.07) is 3.19. The van der Waals surface area contributed by atoms with Crippen molar-refractivity contribution in [3.63, 3.8) is 0 Å². The molecule has 0 unspecified atom stereocenters. The standard InChI is InChI=1S/C11H12ClNO4/c1-6-3-7(12)4-8(11(6)17-2)13-9(14)5-10(15)16/h3-4H,5H2,1-2H3,(H,13,14)(H,15,16). The Morgan fingerprint density at radius 3 is 2.65 bits per heavy atom. The van der Waals surface area contributed by atoms with Crippen LogP contribution < -0.4 is 10.1 Å². The van der Waals surface area contributed by atoms with Crippen molar-refractivity contribution in [3.05, 3.63) is 22.7 Å². The van der Waals surface area contributed by atoms with Gasteiger partial charge in [-0.15, -0.1) is 0 Å². The SMILES string of the molecule is COc1c(C)cc(Cl)cc1NC(=O)CC(=O)O. The van der Waals surface area contributed by atoms with Gasteiger partial charge in [0.1, 0.15) is 12.2 Å². The average Bonchev–Trinajstić information content (AvgIpc) is 2.15. The van der Waals surface area contributed by atoms with E-state index in [9.17, 15) is 9.59 Å². The number of nitrogens with one attached hydrogen (secondary N) is 1. The van der Waals surface area contributed by atoms with Gasteiger partial charge in [0.25, 0.3) is 0 Å². The van der Waals surface area contributed by atoms with Gasteiger partial charge in [0, 0.05) is 5.02 Å². The molecule has 0 aliphatic carbocycles. The van der Waals surface area contributed by atoms with Crippen molar-refractivity contribution in [1.82, 2.24) is 0 Å². The summed E-state index contributed by atoms with van der Waals surface area (Å²) in [5, 5.41) is 11.4. The van der Waals surface area contributed by atoms with Crippen LogP contribution in [-0.2, 0) is 9.59 Å². The Kier molecular flexibility index (Phi) is 4.34. The Labute approximate surface area is 103 Å². The Morgan fingerprint density at radius 1 is 1.47 bits per heavy atom. The number of benzene rings is 1. The number of carbonyl (C=O) groups excluding carboxylic acids is 1. The van der Waals surface area contributed by atoms with Crippen molar-refractivity contribution in [1.29, 1.82) is 0 Å². The molecule has 0 saturated heterocycles. The first-order valence-electron chi connectivity index (χ1n) is 4.80. The molecule has 6 heteroatoms. The van der Waals surface area contributed by atoms with E-state index in [0.29, 0.717) is 16.5 Å². The molecule has 17 heavy (non-hydrogen) atoms. The van der Waals surface area contributed by atoms with Crippen LogP contribution in [0, 0.1) is 6.92 Å². The van der Waals surface area contributed by atoms with Crippen molar-refractivity contribution < 1.29 is 19.4 Å². The van der Waals surface area contributed by atoms with Crippen molar-refractivity contribution >= 4 is 29.2 Å². The zero-order valence-electron chi connectivity index (χ0n) is 9.41. The van der Waals surface area contributed by atoms with E-state index in [1.165, 1.54) is 13.2 Å². The van der Waals surface area contributed by atoms with Gasteiger partial charge in [0.15, 0.2) is 0 Å². The van der Waals surface area contributed by atoms with E-state index in [2.05, 4.69) is 5.32 Å². The van der Waals surface area contributed by atoms with Crippen LogP contribution in [0.2, 0.25) is 5.02 Å². The highest BCUT2D eigenvalue weighted by Crippen LogP contribution is 2.32. The predicted octanol–water partition coefficient (Wildman–Crippen LogP) is 2.07. The summed E-state index contributed by atoms with van der Waals surface area (Å²) in [5.74, 6) is -1.36. The molecule has 1 aromatic carbocycles. The van der Waals surface area contributed by atoms with E-state index >= 15 is 0 Å². The van der Waals surface area contributed by atoms with E-state index in [0.717, 1.165) is 5.56 Å². The Bertz CT molecular complexity index is 459. The average molecular weight is 258 g/mol. The van der Waals surface area contributed by atoms with Crippen LogP contribution in [0.5, 0.6) is 5.75 Å². The van der Waals surface area contributed by atoms with E-state index in [1.807, 2.05) is 0 Å². The maximum Gasteiger partial charge on any atom is 0.312 e. The van der Waals surface area contributed by atoms with Gasteiger partial charge < -0.3 is 15.2 Å². The lowest BCUT2D eigenvalue weighted by molar-refractivity contribution is -0.139. The number of carboxylic acids is 1. The molecule has 1 rings (SSSR count). The highest BCUT2D eigenvalue weighted by atomic mass is 35.5. The first-order chi connectivity index (χ1) is 7.93. The maximum absolute atomic E-state index is 11.3. The van der Waals surface area contributed by atoms with Gasteiger partial charge in [-0.2, -0.15) is 0 Å². The molecule has 2 N–H and O–H groups in total. The largest absolute Gasteiger partial charge is 0.494 e. The molecule has 5 nitrogen and oxygen atoms in total. The number of amides is 1. The Morgan fingerprint density at radius 2 is 2.12 bits per heavy atom. The maximum atomic E-state index is 11.3. The molecule has 92 valence electrons. The van der Waals surface area contributed by atoms with Crippen LogP contribution in [0.4, 0.5) is 5.69 Å². The fourth-order valence-electron chi connectivity index (χ4n) is 1.43. The molecule has 0 radical (unpaired) electrons. The zero-order valence-corrected chi connectivity index (χ0v) is 10.2. The lowest BCUT2D eigenvalue weighted by atomic mass is 10.2. The van der Waals surface area contributed by atoms with E-state index in [1.54, 1.807) is 13.0 Å². The third-order valence-corrected chi connectivity index (χ3v) is 2.25. The number of hydrogen-bond acceptors (Lipinski definition) is 3. The highest BCUT2D eigenvalue weighted by Gasteiger charge is 2.13. The molecule has 0 spiro atoms. The molecule has 0 heterocycles. The van der Waals surface area contributed by atoms with Gasteiger partial charge in [-0.3, -0.25) is 9.59 Å². The smallest absolute Gasteiger partial charge is 0.312 e. The van der Waals surface area contributed by atoms with E-state index < -0.39 is 18.3 Å². The van der Waals surface area contributed by atoms with Crippen LogP contribution in [0.1, 0.15) is 12.0 Å². The third kappa shape index (κ3) is 3.64. The summed E-state index contributed by atoms with van der Waals surface area (Å²) in [6.45, 7) is 1.78. The van der Waals surface area contributed by atoms with Crippen LogP contribution >= 0.6 is 11.6 Å². The number of ether oxygens (including phenoxy) is 1. The van der Waals surface area contributed by atoms with Crippen molar-refractivity contribution in [2.24, 2.45) is 0 Å². The third-order valence-electron chi connectivity index (χ3n) is 2.03. The molecule has 0 aliphatic heterocycles.